The Balaban J connectivity index is 0.00000167. The molecule has 4 rings (SSSR count). The van der Waals surface area contributed by atoms with Gasteiger partial charge in [0.1, 0.15) is 18.3 Å². The summed E-state index contributed by atoms with van der Waals surface area (Å²) in [7, 11) is 1.29. The lowest BCUT2D eigenvalue weighted by molar-refractivity contribution is -0.148. The number of amides is 1. The predicted octanol–water partition coefficient (Wildman–Crippen LogP) is 3.94. The molecule has 3 aliphatic rings. The quantitative estimate of drug-likeness (QED) is 0.461. The normalized spacial score (nSPS) is 20.9. The van der Waals surface area contributed by atoms with Crippen molar-refractivity contribution in [2.24, 2.45) is 5.92 Å². The average molecular weight is 485 g/mol. The number of methoxy groups -OCH3 is 1. The summed E-state index contributed by atoms with van der Waals surface area (Å²) < 4.78 is 10.8. The molecule has 0 bridgehead atoms. The zero-order valence-corrected chi connectivity index (χ0v) is 22.3. The summed E-state index contributed by atoms with van der Waals surface area (Å²) in [4.78, 5) is 33.5. The van der Waals surface area contributed by atoms with Crippen molar-refractivity contribution in [1.82, 2.24) is 9.88 Å². The first-order valence-electron chi connectivity index (χ1n) is 12.9. The van der Waals surface area contributed by atoms with Crippen LogP contribution in [0.15, 0.2) is 0 Å². The molecule has 1 aromatic heterocycles. The van der Waals surface area contributed by atoms with Gasteiger partial charge in [-0.15, -0.1) is 0 Å². The van der Waals surface area contributed by atoms with E-state index in [-0.39, 0.29) is 29.9 Å². The van der Waals surface area contributed by atoms with Gasteiger partial charge >= 0.3 is 5.97 Å². The number of nitrogens with zero attached hydrogens (tertiary/aromatic N) is 4. The minimum Gasteiger partial charge on any atom is -0.469 e. The Morgan fingerprint density at radius 1 is 1.23 bits per heavy atom. The fourth-order valence-corrected chi connectivity index (χ4v) is 5.00. The van der Waals surface area contributed by atoms with Crippen molar-refractivity contribution in [2.75, 3.05) is 31.6 Å². The van der Waals surface area contributed by atoms with Crippen molar-refractivity contribution in [1.29, 1.82) is 5.26 Å². The van der Waals surface area contributed by atoms with Gasteiger partial charge in [-0.2, -0.15) is 5.26 Å². The largest absolute Gasteiger partial charge is 0.469 e. The second-order valence-electron chi connectivity index (χ2n) is 10.4. The molecule has 0 N–H and O–H groups in total. The van der Waals surface area contributed by atoms with Gasteiger partial charge in [0, 0.05) is 37.5 Å². The Bertz CT molecular complexity index is 994. The Kier molecular flexibility index (Phi) is 8.42. The molecule has 1 unspecified atom stereocenters. The lowest BCUT2D eigenvalue weighted by atomic mass is 9.87. The zero-order valence-electron chi connectivity index (χ0n) is 22.3. The summed E-state index contributed by atoms with van der Waals surface area (Å²) in [5.74, 6) is 0.636. The molecule has 1 saturated heterocycles. The van der Waals surface area contributed by atoms with Gasteiger partial charge < -0.3 is 19.3 Å². The summed E-state index contributed by atoms with van der Waals surface area (Å²) in [5, 5.41) is 10.2. The summed E-state index contributed by atoms with van der Waals surface area (Å²) in [6, 6.07) is 2.38. The highest BCUT2D eigenvalue weighted by Gasteiger charge is 2.39. The molecule has 2 fully saturated rings. The summed E-state index contributed by atoms with van der Waals surface area (Å²) in [6.45, 7) is 14.4. The number of esters is 1. The highest BCUT2D eigenvalue weighted by molar-refractivity contribution is 5.94. The summed E-state index contributed by atoms with van der Waals surface area (Å²) in [6.07, 6.45) is 2.68. The molecule has 0 radical (unpaired) electrons. The number of aromatic nitrogens is 1. The van der Waals surface area contributed by atoms with Crippen LogP contribution >= 0.6 is 0 Å². The van der Waals surface area contributed by atoms with Crippen LogP contribution in [-0.4, -0.2) is 60.1 Å². The van der Waals surface area contributed by atoms with E-state index in [9.17, 15) is 14.9 Å². The number of carbonyl (C=O) groups excluding carboxylic acids is 2. The molecule has 0 spiro atoms. The van der Waals surface area contributed by atoms with Crippen LogP contribution in [-0.2, 0) is 32.1 Å². The minimum atomic E-state index is -0.521. The maximum Gasteiger partial charge on any atom is 0.315 e. The number of pyridine rings is 1. The van der Waals surface area contributed by atoms with E-state index in [1.165, 1.54) is 7.11 Å². The van der Waals surface area contributed by atoms with Crippen LogP contribution < -0.4 is 4.90 Å². The molecule has 192 valence electrons. The molecular weight excluding hydrogens is 444 g/mol. The molecule has 1 amide bonds. The first kappa shape index (κ1) is 26.9. The van der Waals surface area contributed by atoms with Crippen molar-refractivity contribution in [3.63, 3.8) is 0 Å². The predicted molar refractivity (Wildman–Crippen MR) is 134 cm³/mol. The number of hydrogen-bond donors (Lipinski definition) is 0. The Labute approximate surface area is 209 Å². The van der Waals surface area contributed by atoms with Crippen molar-refractivity contribution < 1.29 is 19.1 Å². The van der Waals surface area contributed by atoms with E-state index in [1.54, 1.807) is 4.90 Å². The molecule has 35 heavy (non-hydrogen) atoms. The number of carbonyl (C=O) groups is 2. The van der Waals surface area contributed by atoms with Crippen LogP contribution in [0.1, 0.15) is 89.1 Å². The van der Waals surface area contributed by atoms with Gasteiger partial charge in [0.05, 0.1) is 36.6 Å². The van der Waals surface area contributed by atoms with Gasteiger partial charge in [0.15, 0.2) is 0 Å². The van der Waals surface area contributed by atoms with Crippen LogP contribution in [0.5, 0.6) is 0 Å². The van der Waals surface area contributed by atoms with E-state index in [0.29, 0.717) is 44.1 Å². The Hall–Kier alpha value is -2.66. The lowest BCUT2D eigenvalue weighted by Crippen LogP contribution is -2.58. The van der Waals surface area contributed by atoms with Crippen LogP contribution in [0, 0.1) is 17.2 Å². The van der Waals surface area contributed by atoms with Gasteiger partial charge in [-0.25, -0.2) is 4.98 Å². The van der Waals surface area contributed by atoms with Gasteiger partial charge in [0.2, 0.25) is 5.91 Å². The number of nitriles is 1. The summed E-state index contributed by atoms with van der Waals surface area (Å²) >= 11 is 0. The molecule has 1 atom stereocenters. The van der Waals surface area contributed by atoms with Crippen molar-refractivity contribution in [3.05, 3.63) is 22.4 Å². The number of piperazine rings is 1. The topological polar surface area (TPSA) is 95.8 Å². The fourth-order valence-electron chi connectivity index (χ4n) is 5.00. The lowest BCUT2D eigenvalue weighted by Gasteiger charge is -2.44. The van der Waals surface area contributed by atoms with Crippen molar-refractivity contribution in [3.8, 4) is 6.07 Å². The highest BCUT2D eigenvalue weighted by Crippen LogP contribution is 2.46. The second-order valence-corrected chi connectivity index (χ2v) is 10.4. The average Bonchev–Trinajstić information content (AvgIpc) is 3.68. The molecule has 1 aliphatic carbocycles. The highest BCUT2D eigenvalue weighted by atomic mass is 16.5. The van der Waals surface area contributed by atoms with E-state index in [4.69, 9.17) is 9.72 Å². The maximum absolute atomic E-state index is 12.8. The molecular formula is C27H40N4O4. The molecule has 1 saturated carbocycles. The zero-order chi connectivity index (χ0) is 25.9. The Morgan fingerprint density at radius 3 is 2.49 bits per heavy atom. The standard InChI is InChI=1S/C25H34N4O4.C2H6/c1-15(2)20-13-28(8-9-29(20)21(30)10-22(31)32-5)24-18(12-26)17-11-25(3,4)33-14-19(17)23(27-24)16-6-7-16;1-2/h15-16,20H,6-11,13-14H2,1-5H3;1-2H3. The van der Waals surface area contributed by atoms with Crippen LogP contribution in [0.25, 0.3) is 0 Å². The first-order valence-corrected chi connectivity index (χ1v) is 12.9. The maximum atomic E-state index is 12.8. The number of rotatable bonds is 5. The third kappa shape index (κ3) is 5.78. The van der Waals surface area contributed by atoms with Gasteiger partial charge in [-0.3, -0.25) is 9.59 Å². The Morgan fingerprint density at radius 2 is 1.91 bits per heavy atom. The van der Waals surface area contributed by atoms with Gasteiger partial charge in [-0.05, 0) is 38.2 Å². The first-order chi connectivity index (χ1) is 16.6. The van der Waals surface area contributed by atoms with E-state index in [2.05, 4.69) is 43.4 Å². The van der Waals surface area contributed by atoms with Crippen LogP contribution in [0.3, 0.4) is 0 Å². The monoisotopic (exact) mass is 484 g/mol. The smallest absolute Gasteiger partial charge is 0.315 e. The van der Waals surface area contributed by atoms with E-state index >= 15 is 0 Å². The molecule has 8 heteroatoms. The third-order valence-electron chi connectivity index (χ3n) is 7.04. The molecule has 3 heterocycles. The number of anilines is 1. The SMILES string of the molecule is CC.COC(=O)CC(=O)N1CCN(c2nc(C3CC3)c3c(c2C#N)CC(C)(C)OC3)CC1C(C)C. The van der Waals surface area contributed by atoms with Crippen molar-refractivity contribution >= 4 is 17.7 Å². The molecule has 8 nitrogen and oxygen atoms in total. The van der Waals surface area contributed by atoms with Crippen LogP contribution in [0.2, 0.25) is 0 Å². The third-order valence-corrected chi connectivity index (χ3v) is 7.04. The fraction of sp³-hybridized carbons (Fsp3) is 0.704. The molecule has 2 aliphatic heterocycles. The second kappa shape index (κ2) is 10.9. The van der Waals surface area contributed by atoms with Crippen molar-refractivity contribution in [2.45, 2.75) is 91.4 Å². The molecule has 1 aromatic rings. The van der Waals surface area contributed by atoms with Gasteiger partial charge in [0.25, 0.3) is 0 Å². The van der Waals surface area contributed by atoms with Crippen LogP contribution in [0.4, 0.5) is 5.82 Å². The minimum absolute atomic E-state index is 0.0792. The number of hydrogen-bond acceptors (Lipinski definition) is 7. The van der Waals surface area contributed by atoms with Gasteiger partial charge in [-0.1, -0.05) is 27.7 Å². The number of ether oxygens (including phenoxy) is 2. The van der Waals surface area contributed by atoms with E-state index in [0.717, 1.165) is 35.5 Å². The van der Waals surface area contributed by atoms with E-state index < -0.39 is 5.97 Å². The number of fused-ring (bicyclic) bond motifs is 1. The molecule has 0 aromatic carbocycles. The van der Waals surface area contributed by atoms with E-state index in [1.807, 2.05) is 13.8 Å². The summed E-state index contributed by atoms with van der Waals surface area (Å²) in [5.41, 5.74) is 3.58.